The van der Waals surface area contributed by atoms with Crippen LogP contribution in [0.25, 0.3) is 0 Å². The molecule has 1 aliphatic heterocycles. The molecule has 1 aliphatic rings. The third-order valence-corrected chi connectivity index (χ3v) is 4.26. The van der Waals surface area contributed by atoms with Crippen molar-refractivity contribution < 1.29 is 19.1 Å². The number of aryl methyl sites for hydroxylation is 1. The largest absolute Gasteiger partial charge is 0.484 e. The van der Waals surface area contributed by atoms with Gasteiger partial charge < -0.3 is 9.64 Å². The number of nitrogens with zero attached hydrogens (tertiary/aromatic N) is 1. The number of likely N-dealkylation sites (tertiary alicyclic amines) is 1. The minimum Gasteiger partial charge on any atom is -0.484 e. The first-order valence-corrected chi connectivity index (χ1v) is 8.55. The van der Waals surface area contributed by atoms with Gasteiger partial charge in [-0.2, -0.15) is 0 Å². The van der Waals surface area contributed by atoms with E-state index in [2.05, 4.69) is 17.8 Å². The standard InChI is InChI=1S/C18H25N3O4/c1-3-14-6-8-16(9-7-14)25-12-17(23)19-20-18(24)15-5-4-10-21(11-15)13(2)22/h6-9,15H,3-5,10-12H2,1-2H3,(H,19,23)(H,20,24)/t15-/m1/s1. The van der Waals surface area contributed by atoms with Gasteiger partial charge in [0.1, 0.15) is 5.75 Å². The molecule has 0 aromatic heterocycles. The van der Waals surface area contributed by atoms with Crippen LogP contribution in [-0.2, 0) is 20.8 Å². The van der Waals surface area contributed by atoms with Gasteiger partial charge in [0.05, 0.1) is 5.92 Å². The molecule has 0 radical (unpaired) electrons. The molecule has 1 fully saturated rings. The van der Waals surface area contributed by atoms with Crippen molar-refractivity contribution in [3.63, 3.8) is 0 Å². The van der Waals surface area contributed by atoms with E-state index >= 15 is 0 Å². The van der Waals surface area contributed by atoms with Crippen molar-refractivity contribution in [3.8, 4) is 5.75 Å². The summed E-state index contributed by atoms with van der Waals surface area (Å²) in [6.45, 7) is 4.43. The Kier molecular flexibility index (Phi) is 6.80. The smallest absolute Gasteiger partial charge is 0.276 e. The number of rotatable bonds is 5. The lowest BCUT2D eigenvalue weighted by Gasteiger charge is -2.31. The molecule has 7 heteroatoms. The zero-order valence-corrected chi connectivity index (χ0v) is 14.7. The first kappa shape index (κ1) is 18.8. The Bertz CT molecular complexity index is 615. The van der Waals surface area contributed by atoms with Crippen LogP contribution >= 0.6 is 0 Å². The fourth-order valence-corrected chi connectivity index (χ4v) is 2.72. The molecule has 1 aromatic rings. The van der Waals surface area contributed by atoms with Crippen molar-refractivity contribution in [2.45, 2.75) is 33.1 Å². The monoisotopic (exact) mass is 347 g/mol. The molecule has 3 amide bonds. The molecule has 0 saturated carbocycles. The van der Waals surface area contributed by atoms with E-state index in [1.807, 2.05) is 24.3 Å². The molecule has 0 aliphatic carbocycles. The maximum Gasteiger partial charge on any atom is 0.276 e. The second-order valence-electron chi connectivity index (χ2n) is 6.13. The molecule has 1 saturated heterocycles. The maximum absolute atomic E-state index is 12.1. The molecular weight excluding hydrogens is 322 g/mol. The summed E-state index contributed by atoms with van der Waals surface area (Å²) >= 11 is 0. The molecule has 136 valence electrons. The average molecular weight is 347 g/mol. The third kappa shape index (κ3) is 5.77. The van der Waals surface area contributed by atoms with Crippen molar-refractivity contribution in [1.82, 2.24) is 15.8 Å². The summed E-state index contributed by atoms with van der Waals surface area (Å²) in [6.07, 6.45) is 2.42. The lowest BCUT2D eigenvalue weighted by molar-refractivity contribution is -0.136. The van der Waals surface area contributed by atoms with E-state index in [9.17, 15) is 14.4 Å². The Balaban J connectivity index is 1.71. The highest BCUT2D eigenvalue weighted by Gasteiger charge is 2.27. The lowest BCUT2D eigenvalue weighted by Crippen LogP contribution is -2.50. The van der Waals surface area contributed by atoms with Gasteiger partial charge in [0.2, 0.25) is 11.8 Å². The first-order valence-electron chi connectivity index (χ1n) is 8.55. The number of carbonyl (C=O) groups excluding carboxylic acids is 3. The third-order valence-electron chi connectivity index (χ3n) is 4.26. The minimum absolute atomic E-state index is 0.0379. The first-order chi connectivity index (χ1) is 12.0. The predicted octanol–water partition coefficient (Wildman–Crippen LogP) is 1.03. The minimum atomic E-state index is -0.438. The van der Waals surface area contributed by atoms with Crippen LogP contribution in [0.15, 0.2) is 24.3 Å². The number of ether oxygens (including phenoxy) is 1. The molecule has 1 aromatic carbocycles. The van der Waals surface area contributed by atoms with Crippen molar-refractivity contribution in [3.05, 3.63) is 29.8 Å². The number of amides is 3. The van der Waals surface area contributed by atoms with Crippen LogP contribution in [0, 0.1) is 5.92 Å². The summed E-state index contributed by atoms with van der Waals surface area (Å²) in [4.78, 5) is 36.9. The van der Waals surface area contributed by atoms with E-state index in [0.717, 1.165) is 12.8 Å². The van der Waals surface area contributed by atoms with Crippen LogP contribution in [0.5, 0.6) is 5.75 Å². The fraction of sp³-hybridized carbons (Fsp3) is 0.500. The fourth-order valence-electron chi connectivity index (χ4n) is 2.72. The Hall–Kier alpha value is -2.57. The van der Waals surface area contributed by atoms with Crippen molar-refractivity contribution in [2.75, 3.05) is 19.7 Å². The topological polar surface area (TPSA) is 87.7 Å². The van der Waals surface area contributed by atoms with E-state index in [-0.39, 0.29) is 24.3 Å². The van der Waals surface area contributed by atoms with E-state index < -0.39 is 5.91 Å². The zero-order valence-electron chi connectivity index (χ0n) is 14.7. The van der Waals surface area contributed by atoms with E-state index in [4.69, 9.17) is 4.74 Å². The van der Waals surface area contributed by atoms with E-state index in [1.54, 1.807) is 4.90 Å². The molecule has 25 heavy (non-hydrogen) atoms. The summed E-state index contributed by atoms with van der Waals surface area (Å²) in [6, 6.07) is 7.50. The average Bonchev–Trinajstić information content (AvgIpc) is 2.64. The van der Waals surface area contributed by atoms with Crippen LogP contribution < -0.4 is 15.6 Å². The number of hydrazine groups is 1. The summed E-state index contributed by atoms with van der Waals surface area (Å²) in [7, 11) is 0. The van der Waals surface area contributed by atoms with Gasteiger partial charge in [-0.3, -0.25) is 25.2 Å². The van der Waals surface area contributed by atoms with Crippen LogP contribution in [0.1, 0.15) is 32.3 Å². The number of hydrogen-bond acceptors (Lipinski definition) is 4. The maximum atomic E-state index is 12.1. The number of nitrogens with one attached hydrogen (secondary N) is 2. The van der Waals surface area contributed by atoms with Crippen LogP contribution in [-0.4, -0.2) is 42.3 Å². The van der Waals surface area contributed by atoms with Crippen LogP contribution in [0.3, 0.4) is 0 Å². The van der Waals surface area contributed by atoms with Gasteiger partial charge in [-0.15, -0.1) is 0 Å². The van der Waals surface area contributed by atoms with Crippen molar-refractivity contribution in [2.24, 2.45) is 5.92 Å². The molecule has 1 atom stereocenters. The highest BCUT2D eigenvalue weighted by atomic mass is 16.5. The van der Waals surface area contributed by atoms with Crippen molar-refractivity contribution in [1.29, 1.82) is 0 Å². The molecule has 0 bridgehead atoms. The second kappa shape index (κ2) is 9.05. The highest BCUT2D eigenvalue weighted by Crippen LogP contribution is 2.16. The van der Waals surface area contributed by atoms with Crippen LogP contribution in [0.2, 0.25) is 0 Å². The van der Waals surface area contributed by atoms with Crippen molar-refractivity contribution >= 4 is 17.7 Å². The van der Waals surface area contributed by atoms with Gasteiger partial charge >= 0.3 is 0 Å². The van der Waals surface area contributed by atoms with Gasteiger partial charge in [0, 0.05) is 20.0 Å². The molecule has 7 nitrogen and oxygen atoms in total. The lowest BCUT2D eigenvalue weighted by atomic mass is 9.97. The van der Waals surface area contributed by atoms with E-state index in [0.29, 0.717) is 25.3 Å². The summed E-state index contributed by atoms with van der Waals surface area (Å²) < 4.78 is 5.38. The quantitative estimate of drug-likeness (QED) is 0.779. The summed E-state index contributed by atoms with van der Waals surface area (Å²) in [5, 5.41) is 0. The summed E-state index contributed by atoms with van der Waals surface area (Å²) in [5.74, 6) is -0.466. The van der Waals surface area contributed by atoms with Gasteiger partial charge in [-0.05, 0) is 37.0 Å². The zero-order chi connectivity index (χ0) is 18.2. The highest BCUT2D eigenvalue weighted by molar-refractivity contribution is 5.84. The number of carbonyl (C=O) groups is 3. The number of hydrogen-bond donors (Lipinski definition) is 2. The number of benzene rings is 1. The number of piperidine rings is 1. The normalized spacial score (nSPS) is 16.9. The van der Waals surface area contributed by atoms with Gasteiger partial charge in [0.25, 0.3) is 5.91 Å². The molecular formula is C18H25N3O4. The Morgan fingerprint density at radius 3 is 2.56 bits per heavy atom. The van der Waals surface area contributed by atoms with Gasteiger partial charge in [-0.1, -0.05) is 19.1 Å². The Morgan fingerprint density at radius 2 is 1.92 bits per heavy atom. The molecule has 2 rings (SSSR count). The molecule has 2 N–H and O–H groups in total. The predicted molar refractivity (Wildman–Crippen MR) is 92.6 cm³/mol. The van der Waals surface area contributed by atoms with E-state index in [1.165, 1.54) is 12.5 Å². The Labute approximate surface area is 147 Å². The molecule has 1 heterocycles. The molecule has 0 spiro atoms. The molecule has 0 unspecified atom stereocenters. The second-order valence-corrected chi connectivity index (χ2v) is 6.13. The summed E-state index contributed by atoms with van der Waals surface area (Å²) in [5.41, 5.74) is 5.95. The van der Waals surface area contributed by atoms with Gasteiger partial charge in [0.15, 0.2) is 6.61 Å². The van der Waals surface area contributed by atoms with Gasteiger partial charge in [-0.25, -0.2) is 0 Å². The SMILES string of the molecule is CCc1ccc(OCC(=O)NNC(=O)[C@@H]2CCCN(C(C)=O)C2)cc1. The van der Waals surface area contributed by atoms with Crippen LogP contribution in [0.4, 0.5) is 0 Å². The Morgan fingerprint density at radius 1 is 1.20 bits per heavy atom.